The quantitative estimate of drug-likeness (QED) is 0.461. The van der Waals surface area contributed by atoms with E-state index in [1.165, 1.54) is 31.9 Å². The van der Waals surface area contributed by atoms with Crippen LogP contribution in [0.3, 0.4) is 0 Å². The van der Waals surface area contributed by atoms with Gasteiger partial charge in [0.2, 0.25) is 10.0 Å². The van der Waals surface area contributed by atoms with E-state index in [4.69, 9.17) is 0 Å². The second-order valence-corrected chi connectivity index (χ2v) is 9.74. The molecule has 0 unspecified atom stereocenters. The van der Waals surface area contributed by atoms with Gasteiger partial charge in [-0.05, 0) is 44.4 Å². The molecule has 0 saturated heterocycles. The van der Waals surface area contributed by atoms with Crippen LogP contribution in [0.2, 0.25) is 0 Å². The molecule has 0 aromatic carbocycles. The zero-order chi connectivity index (χ0) is 17.7. The molecule has 1 saturated carbocycles. The van der Waals surface area contributed by atoms with E-state index in [0.29, 0.717) is 17.9 Å². The second kappa shape index (κ2) is 7.83. The van der Waals surface area contributed by atoms with Gasteiger partial charge in [-0.25, -0.2) is 13.1 Å². The zero-order valence-corrected chi connectivity index (χ0v) is 16.3. The highest BCUT2D eigenvalue weighted by Crippen LogP contribution is 2.45. The Hall–Kier alpha value is -0.820. The van der Waals surface area contributed by atoms with Crippen molar-refractivity contribution >= 4 is 16.0 Å². The van der Waals surface area contributed by atoms with Gasteiger partial charge in [0, 0.05) is 25.7 Å². The molecule has 1 fully saturated rings. The molecule has 0 heterocycles. The van der Waals surface area contributed by atoms with Crippen molar-refractivity contribution in [2.24, 2.45) is 16.3 Å². The van der Waals surface area contributed by atoms with Crippen molar-refractivity contribution in [3.8, 4) is 0 Å². The van der Waals surface area contributed by atoms with Crippen LogP contribution in [0.25, 0.3) is 0 Å². The summed E-state index contributed by atoms with van der Waals surface area (Å²) in [4.78, 5) is 4.25. The average molecular weight is 347 g/mol. The molecule has 0 amide bonds. The summed E-state index contributed by atoms with van der Waals surface area (Å²) in [5.74, 6) is 1.42. The van der Waals surface area contributed by atoms with Crippen molar-refractivity contribution in [1.29, 1.82) is 0 Å². The first kappa shape index (κ1) is 20.2. The topological polar surface area (TPSA) is 82.6 Å². The first-order valence-corrected chi connectivity index (χ1v) is 10.3. The Balaban J connectivity index is 2.49. The molecule has 1 aliphatic carbocycles. The van der Waals surface area contributed by atoms with E-state index in [1.54, 1.807) is 7.05 Å². The van der Waals surface area contributed by atoms with E-state index in [2.05, 4.69) is 34.2 Å². The summed E-state index contributed by atoms with van der Waals surface area (Å²) in [7, 11) is -1.49. The van der Waals surface area contributed by atoms with Crippen LogP contribution in [-0.4, -0.2) is 46.3 Å². The molecule has 136 valence electrons. The van der Waals surface area contributed by atoms with Crippen molar-refractivity contribution in [1.82, 2.24) is 15.4 Å². The summed E-state index contributed by atoms with van der Waals surface area (Å²) < 4.78 is 25.4. The van der Waals surface area contributed by atoms with E-state index < -0.39 is 15.6 Å². The summed E-state index contributed by atoms with van der Waals surface area (Å²) in [5, 5.41) is 6.63. The summed E-state index contributed by atoms with van der Waals surface area (Å²) in [6.45, 7) is 9.63. The van der Waals surface area contributed by atoms with Crippen LogP contribution in [0.15, 0.2) is 4.99 Å². The van der Waals surface area contributed by atoms with E-state index in [1.807, 2.05) is 13.8 Å². The molecular formula is C16H34N4O2S. The van der Waals surface area contributed by atoms with Crippen LogP contribution < -0.4 is 15.4 Å². The monoisotopic (exact) mass is 346 g/mol. The smallest absolute Gasteiger partial charge is 0.209 e. The van der Waals surface area contributed by atoms with Crippen LogP contribution in [0.5, 0.6) is 0 Å². The van der Waals surface area contributed by atoms with Gasteiger partial charge in [-0.2, -0.15) is 0 Å². The van der Waals surface area contributed by atoms with E-state index in [0.717, 1.165) is 12.5 Å². The molecule has 0 aromatic rings. The largest absolute Gasteiger partial charge is 0.356 e. The van der Waals surface area contributed by atoms with Gasteiger partial charge in [-0.3, -0.25) is 4.99 Å². The van der Waals surface area contributed by atoms with Gasteiger partial charge in [-0.1, -0.05) is 20.3 Å². The summed E-state index contributed by atoms with van der Waals surface area (Å²) >= 11 is 0. The molecule has 23 heavy (non-hydrogen) atoms. The van der Waals surface area contributed by atoms with Crippen LogP contribution in [-0.2, 0) is 10.0 Å². The van der Waals surface area contributed by atoms with Crippen molar-refractivity contribution in [3.05, 3.63) is 0 Å². The summed E-state index contributed by atoms with van der Waals surface area (Å²) in [5.41, 5.74) is -0.177. The minimum absolute atomic E-state index is 0.395. The lowest BCUT2D eigenvalue weighted by atomic mass is 9.64. The molecule has 0 spiro atoms. The first-order valence-electron chi connectivity index (χ1n) is 8.40. The van der Waals surface area contributed by atoms with Gasteiger partial charge in [0.25, 0.3) is 0 Å². The molecule has 7 heteroatoms. The molecule has 0 atom stereocenters. The molecule has 0 aliphatic heterocycles. The maximum Gasteiger partial charge on any atom is 0.209 e. The van der Waals surface area contributed by atoms with E-state index in [9.17, 15) is 8.42 Å². The minimum Gasteiger partial charge on any atom is -0.356 e. The number of hydrogen-bond donors (Lipinski definition) is 3. The molecule has 0 bridgehead atoms. The fourth-order valence-electron chi connectivity index (χ4n) is 3.33. The Kier molecular flexibility index (Phi) is 6.89. The van der Waals surface area contributed by atoms with Gasteiger partial charge in [0.15, 0.2) is 5.96 Å². The Morgan fingerprint density at radius 1 is 1.26 bits per heavy atom. The van der Waals surface area contributed by atoms with E-state index >= 15 is 0 Å². The highest BCUT2D eigenvalue weighted by Gasteiger charge is 2.37. The predicted molar refractivity (Wildman–Crippen MR) is 97.2 cm³/mol. The second-order valence-electron chi connectivity index (χ2n) is 7.99. The number of guanidine groups is 1. The van der Waals surface area contributed by atoms with Gasteiger partial charge < -0.3 is 10.6 Å². The Bertz CT molecular complexity index is 508. The van der Waals surface area contributed by atoms with E-state index in [-0.39, 0.29) is 0 Å². The SMILES string of the molecule is CN=C(NCC1(CC(C)C)CCC1)NCC(C)(C)NS(C)(=O)=O. The Morgan fingerprint density at radius 2 is 1.87 bits per heavy atom. The van der Waals surface area contributed by atoms with Crippen molar-refractivity contribution in [3.63, 3.8) is 0 Å². The zero-order valence-electron chi connectivity index (χ0n) is 15.5. The van der Waals surface area contributed by atoms with Crippen LogP contribution in [0, 0.1) is 11.3 Å². The molecule has 0 aromatic heterocycles. The third-order valence-electron chi connectivity index (χ3n) is 4.27. The third-order valence-corrected chi connectivity index (χ3v) is 5.19. The molecule has 3 N–H and O–H groups in total. The van der Waals surface area contributed by atoms with Crippen molar-refractivity contribution < 1.29 is 8.42 Å². The highest BCUT2D eigenvalue weighted by molar-refractivity contribution is 7.88. The maximum absolute atomic E-state index is 11.4. The fourth-order valence-corrected chi connectivity index (χ4v) is 4.41. The van der Waals surface area contributed by atoms with Gasteiger partial charge in [0.1, 0.15) is 0 Å². The first-order chi connectivity index (χ1) is 10.5. The summed E-state index contributed by atoms with van der Waals surface area (Å²) in [6.07, 6.45) is 6.27. The number of aliphatic imine (C=N–C) groups is 1. The number of rotatable bonds is 8. The van der Waals surface area contributed by atoms with Crippen LogP contribution >= 0.6 is 0 Å². The number of nitrogens with zero attached hydrogens (tertiary/aromatic N) is 1. The predicted octanol–water partition coefficient (Wildman–Crippen LogP) is 1.70. The highest BCUT2D eigenvalue weighted by atomic mass is 32.2. The summed E-state index contributed by atoms with van der Waals surface area (Å²) in [6, 6.07) is 0. The lowest BCUT2D eigenvalue weighted by Gasteiger charge is -2.43. The van der Waals surface area contributed by atoms with Gasteiger partial charge in [-0.15, -0.1) is 0 Å². The van der Waals surface area contributed by atoms with Crippen LogP contribution in [0.4, 0.5) is 0 Å². The maximum atomic E-state index is 11.4. The molecule has 6 nitrogen and oxygen atoms in total. The number of sulfonamides is 1. The molecule has 1 rings (SSSR count). The van der Waals surface area contributed by atoms with Crippen molar-refractivity contribution in [2.45, 2.75) is 58.9 Å². The molecule has 1 aliphatic rings. The molecule has 0 radical (unpaired) electrons. The average Bonchev–Trinajstić information content (AvgIpc) is 2.32. The number of nitrogens with one attached hydrogen (secondary N) is 3. The van der Waals surface area contributed by atoms with Gasteiger partial charge in [0.05, 0.1) is 6.26 Å². The fraction of sp³-hybridized carbons (Fsp3) is 0.938. The lowest BCUT2D eigenvalue weighted by molar-refractivity contribution is 0.104. The lowest BCUT2D eigenvalue weighted by Crippen LogP contribution is -2.54. The Labute approximate surface area is 142 Å². The van der Waals surface area contributed by atoms with Gasteiger partial charge >= 0.3 is 0 Å². The third kappa shape index (κ3) is 7.52. The normalized spacial score (nSPS) is 18.7. The number of hydrogen-bond acceptors (Lipinski definition) is 3. The standard InChI is InChI=1S/C16H34N4O2S/c1-13(2)10-16(8-7-9-16)12-19-14(17-5)18-11-15(3,4)20-23(6,21)22/h13,20H,7-12H2,1-6H3,(H2,17,18,19). The Morgan fingerprint density at radius 3 is 2.26 bits per heavy atom. The van der Waals surface area contributed by atoms with Crippen molar-refractivity contribution in [2.75, 3.05) is 26.4 Å². The minimum atomic E-state index is -3.23. The molecular weight excluding hydrogens is 312 g/mol. The van der Waals surface area contributed by atoms with Crippen LogP contribution in [0.1, 0.15) is 53.4 Å².